The number of guanidine groups is 1. The molecule has 1 aliphatic heterocycles. The minimum absolute atomic E-state index is 0.453. The van der Waals surface area contributed by atoms with Gasteiger partial charge in [0.2, 0.25) is 0 Å². The first-order valence-corrected chi connectivity index (χ1v) is 10.3. The smallest absolute Gasteiger partial charge is 0.191 e. The summed E-state index contributed by atoms with van der Waals surface area (Å²) in [6, 6.07) is 8.82. The van der Waals surface area contributed by atoms with Crippen molar-refractivity contribution in [1.29, 1.82) is 0 Å². The van der Waals surface area contributed by atoms with Crippen molar-refractivity contribution in [1.82, 2.24) is 15.5 Å². The van der Waals surface area contributed by atoms with Crippen LogP contribution >= 0.6 is 0 Å². The normalized spacial score (nSPS) is 16.9. The third kappa shape index (κ3) is 7.29. The van der Waals surface area contributed by atoms with Gasteiger partial charge in [0.15, 0.2) is 5.96 Å². The fourth-order valence-corrected chi connectivity index (χ4v) is 3.16. The van der Waals surface area contributed by atoms with Crippen LogP contribution in [-0.4, -0.2) is 69.8 Å². The van der Waals surface area contributed by atoms with Crippen LogP contribution in [0.2, 0.25) is 0 Å². The minimum atomic E-state index is 0.453. The van der Waals surface area contributed by atoms with Gasteiger partial charge in [-0.3, -0.25) is 9.89 Å². The summed E-state index contributed by atoms with van der Waals surface area (Å²) in [6.45, 7) is 13.7. The van der Waals surface area contributed by atoms with Crippen LogP contribution in [0.5, 0.6) is 5.75 Å². The van der Waals surface area contributed by atoms with Crippen molar-refractivity contribution in [3.63, 3.8) is 0 Å². The number of ether oxygens (including phenoxy) is 1. The van der Waals surface area contributed by atoms with Gasteiger partial charge in [-0.1, -0.05) is 6.92 Å². The van der Waals surface area contributed by atoms with E-state index in [0.29, 0.717) is 6.04 Å². The van der Waals surface area contributed by atoms with E-state index in [4.69, 9.17) is 9.73 Å². The number of piperazine rings is 1. The van der Waals surface area contributed by atoms with E-state index in [1.165, 1.54) is 5.69 Å². The van der Waals surface area contributed by atoms with E-state index in [1.54, 1.807) is 7.11 Å². The molecule has 1 atom stereocenters. The molecule has 1 saturated heterocycles. The van der Waals surface area contributed by atoms with Gasteiger partial charge in [-0.25, -0.2) is 0 Å². The van der Waals surface area contributed by atoms with E-state index in [9.17, 15) is 0 Å². The molecule has 6 heteroatoms. The molecule has 2 N–H and O–H groups in total. The molecule has 0 saturated carbocycles. The predicted molar refractivity (Wildman–Crippen MR) is 115 cm³/mol. The number of methoxy groups -OCH3 is 1. The topological polar surface area (TPSA) is 52.1 Å². The summed E-state index contributed by atoms with van der Waals surface area (Å²) in [5.41, 5.74) is 1.28. The third-order valence-electron chi connectivity index (χ3n) is 5.05. The molecule has 0 spiro atoms. The van der Waals surface area contributed by atoms with Crippen LogP contribution in [-0.2, 0) is 0 Å². The predicted octanol–water partition coefficient (Wildman–Crippen LogP) is 2.56. The largest absolute Gasteiger partial charge is 0.497 e. The Bertz CT molecular complexity index is 552. The number of nitrogens with zero attached hydrogens (tertiary/aromatic N) is 3. The van der Waals surface area contributed by atoms with Crippen molar-refractivity contribution < 1.29 is 4.74 Å². The highest BCUT2D eigenvalue weighted by atomic mass is 16.5. The first kappa shape index (κ1) is 21.4. The number of nitrogens with one attached hydrogen (secondary N) is 2. The van der Waals surface area contributed by atoms with Crippen molar-refractivity contribution >= 4 is 11.6 Å². The van der Waals surface area contributed by atoms with Gasteiger partial charge in [-0.15, -0.1) is 0 Å². The Morgan fingerprint density at radius 1 is 1.15 bits per heavy atom. The zero-order valence-corrected chi connectivity index (χ0v) is 17.5. The standard InChI is InChI=1S/C21H37N5O/c1-5-18(3)24-21(22-6-2)23-12-7-13-25-14-16-26(17-15-25)19-8-10-20(27-4)11-9-19/h8-11,18H,5-7,12-17H2,1-4H3,(H2,22,23,24). The summed E-state index contributed by atoms with van der Waals surface area (Å²) in [6.07, 6.45) is 2.20. The summed E-state index contributed by atoms with van der Waals surface area (Å²) in [4.78, 5) is 9.71. The molecule has 0 aromatic heterocycles. The highest BCUT2D eigenvalue weighted by Gasteiger charge is 2.16. The van der Waals surface area contributed by atoms with Crippen LogP contribution in [0.3, 0.4) is 0 Å². The molecule has 0 radical (unpaired) electrons. The highest BCUT2D eigenvalue weighted by Crippen LogP contribution is 2.20. The Morgan fingerprint density at radius 2 is 1.85 bits per heavy atom. The number of anilines is 1. The second-order valence-electron chi connectivity index (χ2n) is 7.09. The molecule has 1 aromatic rings. The first-order valence-electron chi connectivity index (χ1n) is 10.3. The summed E-state index contributed by atoms with van der Waals surface area (Å²) in [7, 11) is 1.71. The maximum atomic E-state index is 5.24. The lowest BCUT2D eigenvalue weighted by Gasteiger charge is -2.36. The molecule has 1 fully saturated rings. The first-order chi connectivity index (χ1) is 13.2. The lowest BCUT2D eigenvalue weighted by molar-refractivity contribution is 0.256. The van der Waals surface area contributed by atoms with Crippen LogP contribution in [0.1, 0.15) is 33.6 Å². The third-order valence-corrected chi connectivity index (χ3v) is 5.05. The van der Waals surface area contributed by atoms with Crippen molar-refractivity contribution in [2.45, 2.75) is 39.7 Å². The van der Waals surface area contributed by atoms with Crippen molar-refractivity contribution in [2.24, 2.45) is 4.99 Å². The fourth-order valence-electron chi connectivity index (χ4n) is 3.16. The summed E-state index contributed by atoms with van der Waals surface area (Å²) in [5.74, 6) is 1.86. The molecule has 1 heterocycles. The molecule has 0 aliphatic carbocycles. The lowest BCUT2D eigenvalue weighted by Crippen LogP contribution is -2.46. The van der Waals surface area contributed by atoms with Gasteiger partial charge < -0.3 is 20.3 Å². The van der Waals surface area contributed by atoms with E-state index in [-0.39, 0.29) is 0 Å². The number of rotatable bonds is 9. The zero-order valence-electron chi connectivity index (χ0n) is 17.5. The van der Waals surface area contributed by atoms with E-state index in [1.807, 2.05) is 12.1 Å². The SMILES string of the molecule is CCNC(=NCCCN1CCN(c2ccc(OC)cc2)CC1)NC(C)CC. The van der Waals surface area contributed by atoms with Crippen LogP contribution < -0.4 is 20.3 Å². The Kier molecular flexibility index (Phi) is 9.25. The summed E-state index contributed by atoms with van der Waals surface area (Å²) >= 11 is 0. The van der Waals surface area contributed by atoms with Crippen LogP contribution in [0.15, 0.2) is 29.3 Å². The van der Waals surface area contributed by atoms with Crippen LogP contribution in [0.25, 0.3) is 0 Å². The molecule has 2 rings (SSSR count). The van der Waals surface area contributed by atoms with Gasteiger partial charge in [0.1, 0.15) is 5.75 Å². The second kappa shape index (κ2) is 11.7. The second-order valence-corrected chi connectivity index (χ2v) is 7.09. The van der Waals surface area contributed by atoms with E-state index in [2.05, 4.69) is 53.3 Å². The number of hydrogen-bond donors (Lipinski definition) is 2. The number of benzene rings is 1. The van der Waals surface area contributed by atoms with Gasteiger partial charge in [0.05, 0.1) is 7.11 Å². The number of hydrogen-bond acceptors (Lipinski definition) is 4. The quantitative estimate of drug-likeness (QED) is 0.395. The molecule has 1 unspecified atom stereocenters. The molecule has 0 amide bonds. The summed E-state index contributed by atoms with van der Waals surface area (Å²) in [5, 5.41) is 6.78. The van der Waals surface area contributed by atoms with E-state index >= 15 is 0 Å². The Morgan fingerprint density at radius 3 is 2.44 bits per heavy atom. The molecular formula is C21H37N5O. The van der Waals surface area contributed by atoms with Gasteiger partial charge in [-0.2, -0.15) is 0 Å². The van der Waals surface area contributed by atoms with Crippen LogP contribution in [0.4, 0.5) is 5.69 Å². The molecule has 6 nitrogen and oxygen atoms in total. The Hall–Kier alpha value is -1.95. The molecule has 1 aromatic carbocycles. The maximum absolute atomic E-state index is 5.24. The zero-order chi connectivity index (χ0) is 19.5. The molecule has 152 valence electrons. The number of aliphatic imine (C=N–C) groups is 1. The molecular weight excluding hydrogens is 338 g/mol. The van der Waals surface area contributed by atoms with E-state index < -0.39 is 0 Å². The average molecular weight is 376 g/mol. The monoisotopic (exact) mass is 375 g/mol. The molecule has 27 heavy (non-hydrogen) atoms. The van der Waals surface area contributed by atoms with Gasteiger partial charge in [-0.05, 0) is 51.0 Å². The average Bonchev–Trinajstić information content (AvgIpc) is 2.71. The summed E-state index contributed by atoms with van der Waals surface area (Å²) < 4.78 is 5.24. The van der Waals surface area contributed by atoms with Crippen LogP contribution in [0, 0.1) is 0 Å². The van der Waals surface area contributed by atoms with Crippen molar-refractivity contribution in [3.05, 3.63) is 24.3 Å². The minimum Gasteiger partial charge on any atom is -0.497 e. The lowest BCUT2D eigenvalue weighted by atomic mass is 10.2. The van der Waals surface area contributed by atoms with Gasteiger partial charge in [0.25, 0.3) is 0 Å². The molecule has 1 aliphatic rings. The van der Waals surface area contributed by atoms with Gasteiger partial charge >= 0.3 is 0 Å². The maximum Gasteiger partial charge on any atom is 0.191 e. The van der Waals surface area contributed by atoms with Crippen molar-refractivity contribution in [3.8, 4) is 5.75 Å². The van der Waals surface area contributed by atoms with E-state index in [0.717, 1.165) is 70.4 Å². The van der Waals surface area contributed by atoms with Crippen molar-refractivity contribution in [2.75, 3.05) is 57.8 Å². The fraction of sp³-hybridized carbons (Fsp3) is 0.667. The highest BCUT2D eigenvalue weighted by molar-refractivity contribution is 5.80. The Balaban J connectivity index is 1.69. The van der Waals surface area contributed by atoms with Gasteiger partial charge in [0, 0.05) is 57.5 Å². The molecule has 0 bridgehead atoms. The Labute approximate surface area is 165 Å².